The molecule has 0 aliphatic rings. The number of nitrogens with one attached hydrogen (secondary N) is 2. The summed E-state index contributed by atoms with van der Waals surface area (Å²) in [4.78, 5) is 35.8. The predicted octanol–water partition coefficient (Wildman–Crippen LogP) is 5.31. The maximum Gasteiger partial charge on any atom is 0.242 e. The Hall–Kier alpha value is -4.63. The smallest absolute Gasteiger partial charge is 0.242 e. The minimum absolute atomic E-state index is 0.146. The van der Waals surface area contributed by atoms with E-state index in [0.29, 0.717) is 38.5 Å². The van der Waals surface area contributed by atoms with Gasteiger partial charge in [0.2, 0.25) is 11.8 Å². The number of rotatable bonds is 18. The Labute approximate surface area is 280 Å². The standard InChI is InChI=1S/C38H50N6O3/c1-29(2)24-36(43(5)26-31-12-16-33(17-13-31)42(3)4)38(46)41-35(37(45)40-20-9-22-44-23-21-39-28-44)25-30-14-18-34(19-15-30)47-27-32-10-7-6-8-11-32/h6-8,10-19,21,23,28-29,35-36H,9,20,22,24-27H2,1-5H3,(H,40,45)(H,41,46)/t35-,36+/m0/s1. The molecule has 0 fully saturated rings. The molecule has 2 amide bonds. The third kappa shape index (κ3) is 11.6. The molecular weight excluding hydrogens is 588 g/mol. The lowest BCUT2D eigenvalue weighted by atomic mass is 9.99. The highest BCUT2D eigenvalue weighted by Gasteiger charge is 2.29. The van der Waals surface area contributed by atoms with Crippen LogP contribution in [0.3, 0.4) is 0 Å². The number of hydrogen-bond donors (Lipinski definition) is 2. The van der Waals surface area contributed by atoms with Crippen molar-refractivity contribution in [3.63, 3.8) is 0 Å². The van der Waals surface area contributed by atoms with Crippen molar-refractivity contribution in [3.05, 3.63) is 114 Å². The van der Waals surface area contributed by atoms with Crippen LogP contribution in [-0.2, 0) is 35.7 Å². The second kappa shape index (κ2) is 17.9. The molecule has 0 radical (unpaired) electrons. The second-order valence-corrected chi connectivity index (χ2v) is 12.7. The topological polar surface area (TPSA) is 91.7 Å². The van der Waals surface area contributed by atoms with Gasteiger partial charge >= 0.3 is 0 Å². The largest absolute Gasteiger partial charge is 0.489 e. The first kappa shape index (κ1) is 35.2. The first-order chi connectivity index (χ1) is 22.7. The van der Waals surface area contributed by atoms with Crippen molar-refractivity contribution in [2.24, 2.45) is 5.92 Å². The average Bonchev–Trinajstić information content (AvgIpc) is 3.59. The molecule has 0 aliphatic carbocycles. The molecule has 0 bridgehead atoms. The summed E-state index contributed by atoms with van der Waals surface area (Å²) in [6, 6.07) is 25.0. The van der Waals surface area contributed by atoms with Gasteiger partial charge < -0.3 is 24.8 Å². The molecule has 0 saturated carbocycles. The molecule has 2 atom stereocenters. The van der Waals surface area contributed by atoms with Gasteiger partial charge in [-0.3, -0.25) is 14.5 Å². The Morgan fingerprint density at radius 1 is 0.872 bits per heavy atom. The molecule has 47 heavy (non-hydrogen) atoms. The number of anilines is 1. The summed E-state index contributed by atoms with van der Waals surface area (Å²) < 4.78 is 7.94. The van der Waals surface area contributed by atoms with Crippen LogP contribution < -0.4 is 20.3 Å². The molecule has 9 heteroatoms. The molecule has 2 N–H and O–H groups in total. The van der Waals surface area contributed by atoms with Crippen molar-refractivity contribution in [1.82, 2.24) is 25.1 Å². The van der Waals surface area contributed by atoms with Crippen LogP contribution in [0.15, 0.2) is 97.6 Å². The van der Waals surface area contributed by atoms with Gasteiger partial charge in [0.05, 0.1) is 12.4 Å². The predicted molar refractivity (Wildman–Crippen MR) is 188 cm³/mol. The van der Waals surface area contributed by atoms with Gasteiger partial charge in [0.25, 0.3) is 0 Å². The quantitative estimate of drug-likeness (QED) is 0.144. The molecule has 0 aliphatic heterocycles. The van der Waals surface area contributed by atoms with E-state index in [0.717, 1.165) is 41.1 Å². The van der Waals surface area contributed by atoms with Crippen molar-refractivity contribution in [2.75, 3.05) is 32.6 Å². The Kier molecular flexibility index (Phi) is 13.4. The van der Waals surface area contributed by atoms with Gasteiger partial charge in [-0.15, -0.1) is 0 Å². The Morgan fingerprint density at radius 2 is 1.57 bits per heavy atom. The molecule has 3 aromatic carbocycles. The van der Waals surface area contributed by atoms with Crippen molar-refractivity contribution in [2.45, 2.75) is 64.9 Å². The van der Waals surface area contributed by atoms with E-state index < -0.39 is 12.1 Å². The summed E-state index contributed by atoms with van der Waals surface area (Å²) in [6.07, 6.45) is 7.19. The van der Waals surface area contributed by atoms with Gasteiger partial charge in [0.15, 0.2) is 0 Å². The summed E-state index contributed by atoms with van der Waals surface area (Å²) in [5, 5.41) is 6.19. The van der Waals surface area contributed by atoms with E-state index in [9.17, 15) is 9.59 Å². The van der Waals surface area contributed by atoms with E-state index in [-0.39, 0.29) is 11.8 Å². The maximum absolute atomic E-state index is 13.9. The SMILES string of the molecule is CC(C)C[C@H](C(=O)N[C@@H](Cc1ccc(OCc2ccccc2)cc1)C(=O)NCCCn1ccnc1)N(C)Cc1ccc(N(C)C)cc1. The first-order valence-electron chi connectivity index (χ1n) is 16.4. The van der Waals surface area contributed by atoms with E-state index in [1.54, 1.807) is 12.5 Å². The van der Waals surface area contributed by atoms with Crippen LogP contribution >= 0.6 is 0 Å². The minimum Gasteiger partial charge on any atom is -0.489 e. The fourth-order valence-electron chi connectivity index (χ4n) is 5.42. The Bertz CT molecular complexity index is 1490. The Morgan fingerprint density at radius 3 is 2.21 bits per heavy atom. The molecule has 1 heterocycles. The summed E-state index contributed by atoms with van der Waals surface area (Å²) in [5.41, 5.74) is 4.28. The fourth-order valence-corrected chi connectivity index (χ4v) is 5.42. The van der Waals surface area contributed by atoms with Crippen LogP contribution in [0.2, 0.25) is 0 Å². The number of imidazole rings is 1. The zero-order chi connectivity index (χ0) is 33.6. The summed E-state index contributed by atoms with van der Waals surface area (Å²) in [6.45, 7) is 6.57. The average molecular weight is 639 g/mol. The van der Waals surface area contributed by atoms with Crippen LogP contribution in [0.1, 0.15) is 43.4 Å². The lowest BCUT2D eigenvalue weighted by molar-refractivity contribution is -0.132. The van der Waals surface area contributed by atoms with Gasteiger partial charge in [-0.05, 0) is 66.8 Å². The number of amides is 2. The maximum atomic E-state index is 13.9. The van der Waals surface area contributed by atoms with Gasteiger partial charge in [0, 0.05) is 58.2 Å². The molecule has 4 aromatic rings. The second-order valence-electron chi connectivity index (χ2n) is 12.7. The third-order valence-corrected chi connectivity index (χ3v) is 8.11. The summed E-state index contributed by atoms with van der Waals surface area (Å²) >= 11 is 0. The molecule has 0 spiro atoms. The van der Waals surface area contributed by atoms with Crippen molar-refractivity contribution >= 4 is 17.5 Å². The molecule has 9 nitrogen and oxygen atoms in total. The minimum atomic E-state index is -0.728. The van der Waals surface area contributed by atoms with Gasteiger partial charge in [-0.25, -0.2) is 4.98 Å². The van der Waals surface area contributed by atoms with E-state index in [1.807, 2.05) is 86.5 Å². The van der Waals surface area contributed by atoms with Crippen LogP contribution in [0.4, 0.5) is 5.69 Å². The first-order valence-corrected chi connectivity index (χ1v) is 16.4. The number of benzene rings is 3. The Balaban J connectivity index is 1.43. The molecular formula is C38H50N6O3. The zero-order valence-corrected chi connectivity index (χ0v) is 28.4. The van der Waals surface area contributed by atoms with Crippen LogP contribution in [0, 0.1) is 5.92 Å². The number of carbonyl (C=O) groups is 2. The molecule has 0 unspecified atom stereocenters. The van der Waals surface area contributed by atoms with Crippen molar-refractivity contribution in [3.8, 4) is 5.75 Å². The number of carbonyl (C=O) groups excluding carboxylic acids is 2. The molecule has 1 aromatic heterocycles. The van der Waals surface area contributed by atoms with Crippen molar-refractivity contribution in [1.29, 1.82) is 0 Å². The highest BCUT2D eigenvalue weighted by Crippen LogP contribution is 2.19. The third-order valence-electron chi connectivity index (χ3n) is 8.11. The number of aryl methyl sites for hydroxylation is 1. The van der Waals surface area contributed by atoms with Gasteiger partial charge in [-0.1, -0.05) is 68.4 Å². The number of ether oxygens (including phenoxy) is 1. The zero-order valence-electron chi connectivity index (χ0n) is 28.4. The lowest BCUT2D eigenvalue weighted by Gasteiger charge is -2.30. The van der Waals surface area contributed by atoms with E-state index in [2.05, 4.69) is 63.5 Å². The van der Waals surface area contributed by atoms with E-state index in [4.69, 9.17) is 4.74 Å². The fraction of sp³-hybridized carbons (Fsp3) is 0.395. The lowest BCUT2D eigenvalue weighted by Crippen LogP contribution is -2.54. The number of aromatic nitrogens is 2. The highest BCUT2D eigenvalue weighted by atomic mass is 16.5. The van der Waals surface area contributed by atoms with Gasteiger partial charge in [-0.2, -0.15) is 0 Å². The molecule has 4 rings (SSSR count). The summed E-state index contributed by atoms with van der Waals surface area (Å²) in [5.74, 6) is 0.702. The van der Waals surface area contributed by atoms with Gasteiger partial charge in [0.1, 0.15) is 18.4 Å². The van der Waals surface area contributed by atoms with Crippen molar-refractivity contribution < 1.29 is 14.3 Å². The van der Waals surface area contributed by atoms with Crippen LogP contribution in [0.25, 0.3) is 0 Å². The highest BCUT2D eigenvalue weighted by molar-refractivity contribution is 5.90. The van der Waals surface area contributed by atoms with E-state index >= 15 is 0 Å². The number of nitrogens with zero attached hydrogens (tertiary/aromatic N) is 4. The molecule has 0 saturated heterocycles. The molecule has 250 valence electrons. The normalized spacial score (nSPS) is 12.5. The number of hydrogen-bond acceptors (Lipinski definition) is 6. The number of likely N-dealkylation sites (N-methyl/N-ethyl adjacent to an activating group) is 1. The van der Waals surface area contributed by atoms with Crippen LogP contribution in [-0.4, -0.2) is 66.0 Å². The van der Waals surface area contributed by atoms with Crippen LogP contribution in [0.5, 0.6) is 5.75 Å². The van der Waals surface area contributed by atoms with E-state index in [1.165, 1.54) is 0 Å². The summed E-state index contributed by atoms with van der Waals surface area (Å²) in [7, 11) is 6.01. The monoisotopic (exact) mass is 638 g/mol.